The Bertz CT molecular complexity index is 812. The zero-order valence-electron chi connectivity index (χ0n) is 13.1. The molecule has 0 bridgehead atoms. The molecule has 0 fully saturated rings. The Hall–Kier alpha value is -2.96. The minimum absolute atomic E-state index is 0.162. The van der Waals surface area contributed by atoms with Crippen LogP contribution in [0.4, 0.5) is 0 Å². The topological polar surface area (TPSA) is 99.7 Å². The molecule has 7 nitrogen and oxygen atoms in total. The fraction of sp³-hybridized carbons (Fsp3) is 0.294. The van der Waals surface area contributed by atoms with E-state index in [9.17, 15) is 19.7 Å². The van der Waals surface area contributed by atoms with Crippen molar-refractivity contribution in [2.75, 3.05) is 7.11 Å². The molecule has 3 rings (SSSR count). The summed E-state index contributed by atoms with van der Waals surface area (Å²) >= 11 is 0. The van der Waals surface area contributed by atoms with Gasteiger partial charge in [0.1, 0.15) is 11.7 Å². The lowest BCUT2D eigenvalue weighted by Gasteiger charge is -2.37. The van der Waals surface area contributed by atoms with Crippen molar-refractivity contribution in [1.29, 1.82) is 0 Å². The van der Waals surface area contributed by atoms with Gasteiger partial charge in [0.15, 0.2) is 0 Å². The molecule has 1 aliphatic carbocycles. The normalized spacial score (nSPS) is 25.8. The molecule has 0 unspecified atom stereocenters. The summed E-state index contributed by atoms with van der Waals surface area (Å²) in [5.74, 6) is -3.20. The van der Waals surface area contributed by atoms with E-state index in [2.05, 4.69) is 0 Å². The highest BCUT2D eigenvalue weighted by atomic mass is 16.6. The lowest BCUT2D eigenvalue weighted by molar-refractivity contribution is -0.551. The van der Waals surface area contributed by atoms with Gasteiger partial charge in [0.2, 0.25) is 5.78 Å². The Morgan fingerprint density at radius 3 is 2.58 bits per heavy atom. The summed E-state index contributed by atoms with van der Waals surface area (Å²) in [5, 5.41) is 11.8. The van der Waals surface area contributed by atoms with Crippen molar-refractivity contribution < 1.29 is 23.7 Å². The monoisotopic (exact) mass is 329 g/mol. The lowest BCUT2D eigenvalue weighted by Crippen LogP contribution is -2.55. The van der Waals surface area contributed by atoms with Crippen LogP contribution in [0.1, 0.15) is 40.4 Å². The Labute approximate surface area is 137 Å². The Kier molecular flexibility index (Phi) is 3.71. The number of hydrogen-bond donors (Lipinski definition) is 0. The van der Waals surface area contributed by atoms with E-state index in [1.54, 1.807) is 24.3 Å². The molecule has 124 valence electrons. The summed E-state index contributed by atoms with van der Waals surface area (Å²) in [7, 11) is 1.21. The summed E-state index contributed by atoms with van der Waals surface area (Å²) < 4.78 is 10.2. The molecule has 0 amide bonds. The predicted octanol–water partition coefficient (Wildman–Crippen LogP) is 2.55. The average molecular weight is 329 g/mol. The van der Waals surface area contributed by atoms with E-state index >= 15 is 0 Å². The molecular formula is C17H15NO6. The fourth-order valence-corrected chi connectivity index (χ4v) is 3.39. The molecule has 3 atom stereocenters. The van der Waals surface area contributed by atoms with E-state index in [1.165, 1.54) is 32.4 Å². The van der Waals surface area contributed by atoms with Crippen molar-refractivity contribution in [3.8, 4) is 0 Å². The molecular weight excluding hydrogens is 314 g/mol. The average Bonchev–Trinajstić information content (AvgIpc) is 3.11. The first kappa shape index (κ1) is 15.9. The van der Waals surface area contributed by atoms with Crippen molar-refractivity contribution in [2.24, 2.45) is 0 Å². The lowest BCUT2D eigenvalue weighted by atomic mass is 9.63. The summed E-state index contributed by atoms with van der Waals surface area (Å²) in [6, 6.07) is 9.49. The number of carbonyl (C=O) groups excluding carboxylic acids is 2. The van der Waals surface area contributed by atoms with Gasteiger partial charge in [0.25, 0.3) is 5.54 Å². The Morgan fingerprint density at radius 1 is 1.29 bits per heavy atom. The van der Waals surface area contributed by atoms with Crippen LogP contribution in [-0.4, -0.2) is 29.3 Å². The standard InChI is InChI=1S/C17H15NO6/c1-17(18(21)22)14(12-8-5-9-24-12)13(16(20)23-2)10-6-3-4-7-11(10)15(17)19/h3-9,13-14H,1-2H3/t13-,14-,17+/m1/s1. The quantitative estimate of drug-likeness (QED) is 0.487. The van der Waals surface area contributed by atoms with Crippen LogP contribution in [0.15, 0.2) is 47.1 Å². The number of rotatable bonds is 3. The number of carbonyl (C=O) groups is 2. The number of furan rings is 1. The Morgan fingerprint density at radius 2 is 2.00 bits per heavy atom. The SMILES string of the molecule is COC(=O)[C@@H]1c2ccccc2C(=O)[C@@](C)([N+](=O)[O-])[C@@H]1c1ccco1. The van der Waals surface area contributed by atoms with E-state index in [1.807, 2.05) is 0 Å². The number of nitro groups is 1. The molecule has 24 heavy (non-hydrogen) atoms. The second kappa shape index (κ2) is 5.59. The third-order valence-electron chi connectivity index (χ3n) is 4.62. The van der Waals surface area contributed by atoms with Gasteiger partial charge in [-0.3, -0.25) is 19.7 Å². The van der Waals surface area contributed by atoms with Gasteiger partial charge in [-0.1, -0.05) is 24.3 Å². The summed E-state index contributed by atoms with van der Waals surface area (Å²) in [6.07, 6.45) is 1.36. The number of ether oxygens (including phenoxy) is 1. The summed E-state index contributed by atoms with van der Waals surface area (Å²) in [4.78, 5) is 36.6. The van der Waals surface area contributed by atoms with Gasteiger partial charge in [-0.15, -0.1) is 0 Å². The van der Waals surface area contributed by atoms with Crippen molar-refractivity contribution in [3.63, 3.8) is 0 Å². The van der Waals surface area contributed by atoms with Crippen LogP contribution in [0, 0.1) is 10.1 Å². The molecule has 0 spiro atoms. The number of fused-ring (bicyclic) bond motifs is 1. The molecule has 0 radical (unpaired) electrons. The number of benzene rings is 1. The van der Waals surface area contributed by atoms with Crippen LogP contribution in [0.3, 0.4) is 0 Å². The first-order valence-corrected chi connectivity index (χ1v) is 7.32. The smallest absolute Gasteiger partial charge is 0.314 e. The van der Waals surface area contributed by atoms with Gasteiger partial charge in [-0.05, 0) is 17.7 Å². The first-order chi connectivity index (χ1) is 11.4. The highest BCUT2D eigenvalue weighted by Gasteiger charge is 2.63. The zero-order chi connectivity index (χ0) is 17.5. The maximum absolute atomic E-state index is 12.9. The van der Waals surface area contributed by atoms with E-state index in [0.717, 1.165) is 0 Å². The van der Waals surface area contributed by atoms with Crippen LogP contribution in [0.2, 0.25) is 0 Å². The van der Waals surface area contributed by atoms with Gasteiger partial charge in [-0.2, -0.15) is 0 Å². The van der Waals surface area contributed by atoms with E-state index in [-0.39, 0.29) is 11.3 Å². The third kappa shape index (κ3) is 2.05. The van der Waals surface area contributed by atoms with Crippen molar-refractivity contribution >= 4 is 11.8 Å². The molecule has 7 heteroatoms. The van der Waals surface area contributed by atoms with Gasteiger partial charge in [0, 0.05) is 17.4 Å². The van der Waals surface area contributed by atoms with Crippen LogP contribution in [0.25, 0.3) is 0 Å². The van der Waals surface area contributed by atoms with Gasteiger partial charge in [-0.25, -0.2) is 0 Å². The zero-order valence-corrected chi connectivity index (χ0v) is 13.1. The molecule has 1 aromatic carbocycles. The third-order valence-corrected chi connectivity index (χ3v) is 4.62. The summed E-state index contributed by atoms with van der Waals surface area (Å²) in [5.41, 5.74) is -1.46. The highest BCUT2D eigenvalue weighted by molar-refractivity contribution is 6.07. The number of Topliss-reactive ketones (excluding diaryl/α,β-unsaturated/α-hetero) is 1. The number of esters is 1. The van der Waals surface area contributed by atoms with E-state index in [4.69, 9.17) is 9.15 Å². The molecule has 0 saturated heterocycles. The van der Waals surface area contributed by atoms with Gasteiger partial charge >= 0.3 is 5.97 Å². The van der Waals surface area contributed by atoms with Crippen LogP contribution < -0.4 is 0 Å². The van der Waals surface area contributed by atoms with E-state index in [0.29, 0.717) is 5.56 Å². The highest BCUT2D eigenvalue weighted by Crippen LogP contribution is 2.49. The van der Waals surface area contributed by atoms with E-state index < -0.39 is 34.1 Å². The number of methoxy groups -OCH3 is 1. The predicted molar refractivity (Wildman–Crippen MR) is 82.4 cm³/mol. The largest absolute Gasteiger partial charge is 0.469 e. The number of ketones is 1. The van der Waals surface area contributed by atoms with Crippen molar-refractivity contribution in [2.45, 2.75) is 24.3 Å². The molecule has 1 heterocycles. The number of nitrogens with zero attached hydrogens (tertiary/aromatic N) is 1. The van der Waals surface area contributed by atoms with Crippen molar-refractivity contribution in [3.05, 3.63) is 69.7 Å². The van der Waals surface area contributed by atoms with Crippen LogP contribution in [0.5, 0.6) is 0 Å². The Balaban J connectivity index is 2.34. The molecule has 0 N–H and O–H groups in total. The molecule has 0 saturated carbocycles. The van der Waals surface area contributed by atoms with Crippen molar-refractivity contribution in [1.82, 2.24) is 0 Å². The minimum atomic E-state index is -2.04. The molecule has 2 aromatic rings. The summed E-state index contributed by atoms with van der Waals surface area (Å²) in [6.45, 7) is 1.23. The van der Waals surface area contributed by atoms with Gasteiger partial charge < -0.3 is 9.15 Å². The maximum atomic E-state index is 12.9. The second-order valence-corrected chi connectivity index (χ2v) is 5.81. The first-order valence-electron chi connectivity index (χ1n) is 7.32. The van der Waals surface area contributed by atoms with Crippen LogP contribution >= 0.6 is 0 Å². The van der Waals surface area contributed by atoms with Crippen LogP contribution in [-0.2, 0) is 9.53 Å². The maximum Gasteiger partial charge on any atom is 0.314 e. The molecule has 0 aliphatic heterocycles. The second-order valence-electron chi connectivity index (χ2n) is 5.81. The fourth-order valence-electron chi connectivity index (χ4n) is 3.39. The minimum Gasteiger partial charge on any atom is -0.469 e. The molecule has 1 aliphatic rings. The molecule has 1 aromatic heterocycles. The number of hydrogen-bond acceptors (Lipinski definition) is 6. The van der Waals surface area contributed by atoms with Gasteiger partial charge in [0.05, 0.1) is 19.3 Å².